The van der Waals surface area contributed by atoms with E-state index in [2.05, 4.69) is 19.1 Å². The Kier molecular flexibility index (Phi) is 9.04. The Bertz CT molecular complexity index is 526. The van der Waals surface area contributed by atoms with E-state index >= 15 is 0 Å². The number of unbranched alkanes of at least 4 members (excludes halogenated alkanes) is 3. The SMILES string of the molecule is CCCCC[C@@H](O)/C=C/[C@H]1[C@@H]2CC(CCCCC(=O)N(C)C)=C[C@@H]2C[C@H]1O. The second-order valence-electron chi connectivity index (χ2n) is 8.68. The molecule has 0 spiro atoms. The number of fused-ring (bicyclic) bond motifs is 1. The minimum atomic E-state index is -0.383. The minimum absolute atomic E-state index is 0.167. The van der Waals surface area contributed by atoms with E-state index in [9.17, 15) is 15.0 Å². The molecule has 154 valence electrons. The van der Waals surface area contributed by atoms with Crippen LogP contribution in [0.5, 0.6) is 0 Å². The number of hydrogen-bond acceptors (Lipinski definition) is 3. The Morgan fingerprint density at radius 2 is 2.07 bits per heavy atom. The second-order valence-corrected chi connectivity index (χ2v) is 8.68. The highest BCUT2D eigenvalue weighted by molar-refractivity contribution is 5.75. The molecule has 0 unspecified atom stereocenters. The van der Waals surface area contributed by atoms with Gasteiger partial charge >= 0.3 is 0 Å². The molecular formula is C23H39NO3. The summed E-state index contributed by atoms with van der Waals surface area (Å²) in [7, 11) is 3.62. The fourth-order valence-corrected chi connectivity index (χ4v) is 4.60. The number of hydrogen-bond donors (Lipinski definition) is 2. The molecule has 0 saturated heterocycles. The molecule has 5 atom stereocenters. The van der Waals surface area contributed by atoms with Gasteiger partial charge in [0.15, 0.2) is 0 Å². The topological polar surface area (TPSA) is 60.8 Å². The summed E-state index contributed by atoms with van der Waals surface area (Å²) in [6.07, 6.45) is 15.5. The minimum Gasteiger partial charge on any atom is -0.392 e. The molecule has 0 bridgehead atoms. The van der Waals surface area contributed by atoms with Gasteiger partial charge in [-0.15, -0.1) is 0 Å². The Balaban J connectivity index is 1.76. The molecule has 1 saturated carbocycles. The summed E-state index contributed by atoms with van der Waals surface area (Å²) in [4.78, 5) is 13.3. The number of nitrogens with zero attached hydrogens (tertiary/aromatic N) is 1. The smallest absolute Gasteiger partial charge is 0.222 e. The van der Waals surface area contributed by atoms with E-state index in [0.717, 1.165) is 51.4 Å². The van der Waals surface area contributed by atoms with Crippen molar-refractivity contribution in [3.05, 3.63) is 23.8 Å². The molecule has 1 fully saturated rings. The average Bonchev–Trinajstić information content (AvgIpc) is 3.13. The van der Waals surface area contributed by atoms with Crippen LogP contribution >= 0.6 is 0 Å². The third-order valence-corrected chi connectivity index (χ3v) is 6.25. The summed E-state index contributed by atoms with van der Waals surface area (Å²) < 4.78 is 0. The lowest BCUT2D eigenvalue weighted by molar-refractivity contribution is -0.128. The van der Waals surface area contributed by atoms with Gasteiger partial charge in [-0.25, -0.2) is 0 Å². The summed E-state index contributed by atoms with van der Waals surface area (Å²) in [5, 5.41) is 20.6. The molecule has 0 aromatic rings. The monoisotopic (exact) mass is 377 g/mol. The molecule has 27 heavy (non-hydrogen) atoms. The predicted octanol–water partition coefficient (Wildman–Crippen LogP) is 4.08. The largest absolute Gasteiger partial charge is 0.392 e. The van der Waals surface area contributed by atoms with Crippen molar-refractivity contribution in [2.45, 2.75) is 83.3 Å². The molecule has 0 radical (unpaired) electrons. The molecule has 0 heterocycles. The van der Waals surface area contributed by atoms with Crippen molar-refractivity contribution in [1.82, 2.24) is 4.90 Å². The van der Waals surface area contributed by atoms with Gasteiger partial charge in [0.1, 0.15) is 0 Å². The van der Waals surface area contributed by atoms with Gasteiger partial charge in [-0.1, -0.05) is 50.0 Å². The van der Waals surface area contributed by atoms with Gasteiger partial charge in [-0.2, -0.15) is 0 Å². The van der Waals surface area contributed by atoms with Crippen LogP contribution in [0.25, 0.3) is 0 Å². The fraction of sp³-hybridized carbons (Fsp3) is 0.783. The third kappa shape index (κ3) is 6.76. The van der Waals surface area contributed by atoms with Gasteiger partial charge in [0.05, 0.1) is 12.2 Å². The maximum Gasteiger partial charge on any atom is 0.222 e. The number of aliphatic hydroxyl groups is 2. The number of amides is 1. The van der Waals surface area contributed by atoms with Crippen LogP contribution in [0.3, 0.4) is 0 Å². The third-order valence-electron chi connectivity index (χ3n) is 6.25. The van der Waals surface area contributed by atoms with Crippen molar-refractivity contribution >= 4 is 5.91 Å². The normalized spacial score (nSPS) is 28.4. The predicted molar refractivity (Wildman–Crippen MR) is 110 cm³/mol. The number of carbonyl (C=O) groups is 1. The molecule has 2 N–H and O–H groups in total. The Labute approximate surface area is 165 Å². The van der Waals surface area contributed by atoms with E-state index in [4.69, 9.17) is 0 Å². The first kappa shape index (κ1) is 22.2. The van der Waals surface area contributed by atoms with Gasteiger partial charge in [0.2, 0.25) is 5.91 Å². The maximum atomic E-state index is 11.6. The van der Waals surface area contributed by atoms with Gasteiger partial charge in [0, 0.05) is 26.4 Å². The van der Waals surface area contributed by atoms with Crippen molar-refractivity contribution in [3.63, 3.8) is 0 Å². The zero-order valence-corrected chi connectivity index (χ0v) is 17.4. The molecule has 2 aliphatic carbocycles. The fourth-order valence-electron chi connectivity index (χ4n) is 4.60. The molecule has 2 rings (SSSR count). The van der Waals surface area contributed by atoms with E-state index in [1.807, 2.05) is 20.2 Å². The first-order chi connectivity index (χ1) is 12.9. The summed E-state index contributed by atoms with van der Waals surface area (Å²) in [5.74, 6) is 1.33. The summed E-state index contributed by atoms with van der Waals surface area (Å²) in [5.41, 5.74) is 1.50. The van der Waals surface area contributed by atoms with E-state index in [1.54, 1.807) is 4.90 Å². The quantitative estimate of drug-likeness (QED) is 0.421. The Morgan fingerprint density at radius 3 is 2.78 bits per heavy atom. The van der Waals surface area contributed by atoms with Crippen molar-refractivity contribution in [2.24, 2.45) is 17.8 Å². The van der Waals surface area contributed by atoms with Crippen molar-refractivity contribution in [1.29, 1.82) is 0 Å². The van der Waals surface area contributed by atoms with Gasteiger partial charge in [0.25, 0.3) is 0 Å². The van der Waals surface area contributed by atoms with Crippen LogP contribution in [0.4, 0.5) is 0 Å². The lowest BCUT2D eigenvalue weighted by atomic mass is 9.88. The van der Waals surface area contributed by atoms with Crippen molar-refractivity contribution < 1.29 is 15.0 Å². The van der Waals surface area contributed by atoms with Gasteiger partial charge < -0.3 is 15.1 Å². The zero-order chi connectivity index (χ0) is 19.8. The molecule has 0 aromatic heterocycles. The molecular weight excluding hydrogens is 338 g/mol. The van der Waals surface area contributed by atoms with Crippen LogP contribution in [-0.2, 0) is 4.79 Å². The molecule has 0 aromatic carbocycles. The number of allylic oxidation sites excluding steroid dienone is 2. The molecule has 2 aliphatic rings. The standard InChI is InChI=1S/C23H39NO3/c1-4-5-6-10-19(25)12-13-20-21-15-17(14-18(21)16-22(20)26)9-7-8-11-23(27)24(2)3/h12-14,18-22,25-26H,4-11,15-16H2,1-3H3/b13-12+/t18-,19-,20+,21-,22-/m1/s1. The Morgan fingerprint density at radius 1 is 1.30 bits per heavy atom. The van der Waals surface area contributed by atoms with E-state index in [0.29, 0.717) is 18.3 Å². The highest BCUT2D eigenvalue weighted by atomic mass is 16.3. The first-order valence-corrected chi connectivity index (χ1v) is 10.9. The maximum absolute atomic E-state index is 11.6. The van der Waals surface area contributed by atoms with E-state index in [-0.39, 0.29) is 24.0 Å². The average molecular weight is 378 g/mol. The first-order valence-electron chi connectivity index (χ1n) is 10.9. The highest BCUT2D eigenvalue weighted by Crippen LogP contribution is 2.48. The zero-order valence-electron chi connectivity index (χ0n) is 17.4. The van der Waals surface area contributed by atoms with E-state index in [1.165, 1.54) is 12.0 Å². The summed E-state index contributed by atoms with van der Waals surface area (Å²) in [6.45, 7) is 2.17. The summed E-state index contributed by atoms with van der Waals surface area (Å²) in [6, 6.07) is 0. The number of aliphatic hydroxyl groups excluding tert-OH is 2. The molecule has 4 nitrogen and oxygen atoms in total. The van der Waals surface area contributed by atoms with Crippen LogP contribution in [0.2, 0.25) is 0 Å². The van der Waals surface area contributed by atoms with Crippen LogP contribution in [0.1, 0.15) is 71.1 Å². The van der Waals surface area contributed by atoms with Crippen molar-refractivity contribution in [2.75, 3.05) is 14.1 Å². The molecule has 4 heteroatoms. The van der Waals surface area contributed by atoms with Gasteiger partial charge in [-0.3, -0.25) is 4.79 Å². The van der Waals surface area contributed by atoms with Crippen molar-refractivity contribution in [3.8, 4) is 0 Å². The number of rotatable bonds is 11. The van der Waals surface area contributed by atoms with Crippen LogP contribution < -0.4 is 0 Å². The number of carbonyl (C=O) groups excluding carboxylic acids is 1. The lowest BCUT2D eigenvalue weighted by Gasteiger charge is -2.19. The summed E-state index contributed by atoms with van der Waals surface area (Å²) >= 11 is 0. The lowest BCUT2D eigenvalue weighted by Crippen LogP contribution is -2.21. The van der Waals surface area contributed by atoms with E-state index < -0.39 is 0 Å². The van der Waals surface area contributed by atoms with Gasteiger partial charge in [-0.05, 0) is 50.4 Å². The van der Waals surface area contributed by atoms with Crippen LogP contribution in [0, 0.1) is 17.8 Å². The highest BCUT2D eigenvalue weighted by Gasteiger charge is 2.43. The molecule has 0 aliphatic heterocycles. The molecule has 1 amide bonds. The van der Waals surface area contributed by atoms with Crippen LogP contribution in [0.15, 0.2) is 23.8 Å². The Hall–Kier alpha value is -1.13. The van der Waals surface area contributed by atoms with Crippen LogP contribution in [-0.4, -0.2) is 47.3 Å². The second kappa shape index (κ2) is 11.0.